The second kappa shape index (κ2) is 10.9. The molecular weight excluding hydrogens is 464 g/mol. The molecule has 2 amide bonds. The summed E-state index contributed by atoms with van der Waals surface area (Å²) in [6.07, 6.45) is 3.03. The van der Waals surface area contributed by atoms with Gasteiger partial charge in [0.05, 0.1) is 18.0 Å². The summed E-state index contributed by atoms with van der Waals surface area (Å²) in [5, 5.41) is 0.456. The zero-order chi connectivity index (χ0) is 26.0. The van der Waals surface area contributed by atoms with Gasteiger partial charge in [0.1, 0.15) is 12.4 Å². The zero-order valence-corrected chi connectivity index (χ0v) is 21.6. The molecule has 1 aliphatic carbocycles. The molecule has 10 nitrogen and oxygen atoms in total. The van der Waals surface area contributed by atoms with Crippen LogP contribution in [0.15, 0.2) is 27.8 Å². The number of hydrogen-bond acceptors (Lipinski definition) is 6. The molecule has 0 spiro atoms. The summed E-state index contributed by atoms with van der Waals surface area (Å²) < 4.78 is 13.0. The van der Waals surface area contributed by atoms with Gasteiger partial charge in [0.25, 0.3) is 5.56 Å². The van der Waals surface area contributed by atoms with Gasteiger partial charge in [0.2, 0.25) is 11.8 Å². The molecule has 1 aromatic heterocycles. The topological polar surface area (TPSA) is 103 Å². The van der Waals surface area contributed by atoms with Crippen LogP contribution < -0.4 is 16.0 Å². The van der Waals surface area contributed by atoms with E-state index in [0.717, 1.165) is 25.7 Å². The molecule has 10 heteroatoms. The lowest BCUT2D eigenvalue weighted by molar-refractivity contribution is -0.147. The Hall–Kier alpha value is -3.14. The Morgan fingerprint density at radius 3 is 2.42 bits per heavy atom. The molecule has 1 saturated carbocycles. The SMILES string of the molecule is COCC(=O)N1CCN(C(=O)[C@H]2CC[C@H](Cn3c(=O)c4cc(OC)ccc4n(C)c3=O)CC2)C[C@@H]1C. The van der Waals surface area contributed by atoms with E-state index in [1.165, 1.54) is 16.2 Å². The fourth-order valence-electron chi connectivity index (χ4n) is 5.63. The van der Waals surface area contributed by atoms with E-state index in [9.17, 15) is 19.2 Å². The third-order valence-electron chi connectivity index (χ3n) is 7.72. The van der Waals surface area contributed by atoms with Crippen molar-refractivity contribution in [2.75, 3.05) is 40.5 Å². The summed E-state index contributed by atoms with van der Waals surface area (Å²) >= 11 is 0. The molecule has 0 bridgehead atoms. The monoisotopic (exact) mass is 500 g/mol. The van der Waals surface area contributed by atoms with Crippen LogP contribution in [0.1, 0.15) is 32.6 Å². The summed E-state index contributed by atoms with van der Waals surface area (Å²) in [6.45, 7) is 3.94. The van der Waals surface area contributed by atoms with Gasteiger partial charge >= 0.3 is 5.69 Å². The number of amides is 2. The van der Waals surface area contributed by atoms with Crippen molar-refractivity contribution < 1.29 is 19.1 Å². The highest BCUT2D eigenvalue weighted by atomic mass is 16.5. The molecule has 1 aliphatic heterocycles. The highest BCUT2D eigenvalue weighted by molar-refractivity contribution is 5.81. The molecule has 2 heterocycles. The first-order chi connectivity index (χ1) is 17.2. The second-order valence-electron chi connectivity index (χ2n) is 10.0. The zero-order valence-electron chi connectivity index (χ0n) is 21.6. The molecule has 0 N–H and O–H groups in total. The number of aryl methyl sites for hydroxylation is 1. The van der Waals surface area contributed by atoms with E-state index in [2.05, 4.69) is 0 Å². The molecule has 2 aromatic rings. The van der Waals surface area contributed by atoms with Gasteiger partial charge in [-0.1, -0.05) is 0 Å². The van der Waals surface area contributed by atoms with Gasteiger partial charge in [0, 0.05) is 52.3 Å². The molecule has 1 saturated heterocycles. The summed E-state index contributed by atoms with van der Waals surface area (Å²) in [5.41, 5.74) is -0.0552. The van der Waals surface area contributed by atoms with Crippen LogP contribution >= 0.6 is 0 Å². The number of piperazine rings is 1. The van der Waals surface area contributed by atoms with E-state index < -0.39 is 0 Å². The number of benzene rings is 1. The third-order valence-corrected chi connectivity index (χ3v) is 7.72. The molecule has 1 aromatic carbocycles. The Labute approximate surface area is 210 Å². The maximum Gasteiger partial charge on any atom is 0.331 e. The summed E-state index contributed by atoms with van der Waals surface area (Å²) in [6, 6.07) is 5.09. The molecular formula is C26H36N4O6. The minimum atomic E-state index is -0.328. The predicted octanol–water partition coefficient (Wildman–Crippen LogP) is 1.22. The molecule has 2 fully saturated rings. The Morgan fingerprint density at radius 1 is 1.06 bits per heavy atom. The summed E-state index contributed by atoms with van der Waals surface area (Å²) in [4.78, 5) is 55.2. The first kappa shape index (κ1) is 25.9. The highest BCUT2D eigenvalue weighted by Gasteiger charge is 2.34. The van der Waals surface area contributed by atoms with Gasteiger partial charge in [-0.15, -0.1) is 0 Å². The lowest BCUT2D eigenvalue weighted by Gasteiger charge is -2.41. The van der Waals surface area contributed by atoms with Crippen molar-refractivity contribution in [3.05, 3.63) is 39.0 Å². The third kappa shape index (κ3) is 5.04. The molecule has 0 unspecified atom stereocenters. The van der Waals surface area contributed by atoms with Crippen molar-refractivity contribution in [1.82, 2.24) is 18.9 Å². The number of fused-ring (bicyclic) bond motifs is 1. The maximum atomic E-state index is 13.2. The van der Waals surface area contributed by atoms with Gasteiger partial charge in [-0.05, 0) is 56.7 Å². The lowest BCUT2D eigenvalue weighted by Crippen LogP contribution is -2.57. The van der Waals surface area contributed by atoms with E-state index in [1.54, 1.807) is 37.3 Å². The Balaban J connectivity index is 1.39. The fourth-order valence-corrected chi connectivity index (χ4v) is 5.63. The van der Waals surface area contributed by atoms with Crippen LogP contribution in [0.3, 0.4) is 0 Å². The van der Waals surface area contributed by atoms with Crippen LogP contribution in [-0.2, 0) is 27.9 Å². The van der Waals surface area contributed by atoms with E-state index in [-0.39, 0.29) is 47.5 Å². The van der Waals surface area contributed by atoms with Gasteiger partial charge < -0.3 is 19.3 Å². The van der Waals surface area contributed by atoms with Crippen LogP contribution in [0.25, 0.3) is 10.9 Å². The van der Waals surface area contributed by atoms with E-state index in [1.807, 2.05) is 11.8 Å². The van der Waals surface area contributed by atoms with Crippen LogP contribution in [0.4, 0.5) is 0 Å². The average Bonchev–Trinajstić information content (AvgIpc) is 2.89. The quantitative estimate of drug-likeness (QED) is 0.591. The minimum Gasteiger partial charge on any atom is -0.497 e. The smallest absolute Gasteiger partial charge is 0.331 e. The van der Waals surface area contributed by atoms with Crippen LogP contribution in [0, 0.1) is 11.8 Å². The van der Waals surface area contributed by atoms with Crippen molar-refractivity contribution in [2.24, 2.45) is 18.9 Å². The Bertz CT molecular complexity index is 1240. The number of hydrogen-bond donors (Lipinski definition) is 0. The number of nitrogens with zero attached hydrogens (tertiary/aromatic N) is 4. The van der Waals surface area contributed by atoms with Crippen molar-refractivity contribution in [3.63, 3.8) is 0 Å². The maximum absolute atomic E-state index is 13.2. The van der Waals surface area contributed by atoms with Gasteiger partial charge in [-0.2, -0.15) is 0 Å². The number of rotatable bonds is 6. The number of carbonyl (C=O) groups excluding carboxylic acids is 2. The normalized spacial score (nSPS) is 22.6. The number of aromatic nitrogens is 2. The number of ether oxygens (including phenoxy) is 2. The van der Waals surface area contributed by atoms with Crippen LogP contribution in [-0.4, -0.2) is 77.3 Å². The summed E-state index contributed by atoms with van der Waals surface area (Å²) in [7, 11) is 4.72. The molecule has 2 aliphatic rings. The molecule has 0 radical (unpaired) electrons. The predicted molar refractivity (Wildman–Crippen MR) is 135 cm³/mol. The van der Waals surface area contributed by atoms with Gasteiger partial charge in [0.15, 0.2) is 0 Å². The standard InChI is InChI=1S/C26H36N4O6/c1-17-14-28(11-12-29(17)23(31)16-35-3)24(32)19-7-5-18(6-8-19)15-30-25(33)21-13-20(36-4)9-10-22(21)27(2)26(30)34/h9-10,13,17-19H,5-8,11-12,14-16H2,1-4H3/t17-,18-,19-/m0/s1. The highest BCUT2D eigenvalue weighted by Crippen LogP contribution is 2.31. The lowest BCUT2D eigenvalue weighted by atomic mass is 9.81. The van der Waals surface area contributed by atoms with Crippen LogP contribution in [0.2, 0.25) is 0 Å². The number of methoxy groups -OCH3 is 2. The van der Waals surface area contributed by atoms with Crippen molar-refractivity contribution in [1.29, 1.82) is 0 Å². The van der Waals surface area contributed by atoms with Crippen molar-refractivity contribution in [3.8, 4) is 5.75 Å². The minimum absolute atomic E-state index is 0.0451. The average molecular weight is 501 g/mol. The van der Waals surface area contributed by atoms with Crippen molar-refractivity contribution in [2.45, 2.75) is 45.2 Å². The molecule has 36 heavy (non-hydrogen) atoms. The van der Waals surface area contributed by atoms with Gasteiger partial charge in [-0.3, -0.25) is 23.5 Å². The fraction of sp³-hybridized carbons (Fsp3) is 0.615. The second-order valence-corrected chi connectivity index (χ2v) is 10.0. The molecule has 4 rings (SSSR count). The Kier molecular flexibility index (Phi) is 7.82. The van der Waals surface area contributed by atoms with Gasteiger partial charge in [-0.25, -0.2) is 4.79 Å². The van der Waals surface area contributed by atoms with E-state index in [0.29, 0.717) is 42.8 Å². The first-order valence-corrected chi connectivity index (χ1v) is 12.6. The van der Waals surface area contributed by atoms with Crippen molar-refractivity contribution >= 4 is 22.7 Å². The van der Waals surface area contributed by atoms with E-state index >= 15 is 0 Å². The Morgan fingerprint density at radius 2 is 1.78 bits per heavy atom. The van der Waals surface area contributed by atoms with E-state index in [4.69, 9.17) is 9.47 Å². The van der Waals surface area contributed by atoms with Crippen LogP contribution in [0.5, 0.6) is 5.75 Å². The molecule has 1 atom stereocenters. The first-order valence-electron chi connectivity index (χ1n) is 12.6. The largest absolute Gasteiger partial charge is 0.497 e. The molecule has 196 valence electrons. The summed E-state index contributed by atoms with van der Waals surface area (Å²) in [5.74, 6) is 0.762. The number of carbonyl (C=O) groups is 2.